The van der Waals surface area contributed by atoms with Gasteiger partial charge in [-0.2, -0.15) is 0 Å². The lowest BCUT2D eigenvalue weighted by molar-refractivity contribution is -0.118. The molecule has 1 aromatic heterocycles. The van der Waals surface area contributed by atoms with Gasteiger partial charge in [-0.15, -0.1) is 23.1 Å². The van der Waals surface area contributed by atoms with Gasteiger partial charge < -0.3 is 15.4 Å². The fourth-order valence-corrected chi connectivity index (χ4v) is 5.08. The van der Waals surface area contributed by atoms with Crippen molar-refractivity contribution in [3.05, 3.63) is 89.3 Å². The molecule has 2 N–H and O–H groups in total. The van der Waals surface area contributed by atoms with E-state index in [2.05, 4.69) is 27.8 Å². The number of carbonyl (C=O) groups excluding carboxylic acids is 2. The zero-order valence-electron chi connectivity index (χ0n) is 20.3. The Hall–Kier alpha value is -3.62. The van der Waals surface area contributed by atoms with E-state index in [4.69, 9.17) is 4.74 Å². The number of thioether (sulfide) groups is 1. The molecule has 1 unspecified atom stereocenters. The van der Waals surface area contributed by atoms with Crippen molar-refractivity contribution in [3.8, 4) is 17.0 Å². The Balaban J connectivity index is 1.28. The number of ether oxygens (including phenoxy) is 1. The lowest BCUT2D eigenvalue weighted by Crippen LogP contribution is -2.22. The van der Waals surface area contributed by atoms with Crippen LogP contribution < -0.4 is 15.4 Å². The van der Waals surface area contributed by atoms with Crippen molar-refractivity contribution in [2.75, 3.05) is 17.2 Å². The van der Waals surface area contributed by atoms with Crippen LogP contribution in [0.5, 0.6) is 5.75 Å². The Morgan fingerprint density at radius 1 is 0.944 bits per heavy atom. The number of carbonyl (C=O) groups is 2. The van der Waals surface area contributed by atoms with Gasteiger partial charge in [-0.05, 0) is 57.2 Å². The smallest absolute Gasteiger partial charge is 0.262 e. The Bertz CT molecular complexity index is 1320. The van der Waals surface area contributed by atoms with Crippen molar-refractivity contribution in [3.63, 3.8) is 0 Å². The summed E-state index contributed by atoms with van der Waals surface area (Å²) in [5.74, 6) is 0.293. The molecule has 0 aliphatic carbocycles. The van der Waals surface area contributed by atoms with Gasteiger partial charge in [0, 0.05) is 21.0 Å². The number of amides is 2. The normalized spacial score (nSPS) is 11.5. The number of benzene rings is 3. The minimum absolute atomic E-state index is 0.0699. The summed E-state index contributed by atoms with van der Waals surface area (Å²) >= 11 is 2.92. The van der Waals surface area contributed by atoms with Crippen molar-refractivity contribution in [2.24, 2.45) is 0 Å². The molecule has 0 aliphatic heterocycles. The van der Waals surface area contributed by atoms with E-state index in [1.54, 1.807) is 12.1 Å². The summed E-state index contributed by atoms with van der Waals surface area (Å²) in [6, 6.07) is 24.8. The SMILES string of the molecule is Cc1ccc(-c2nc(NC(=O)C(C)Sc3ccc(NC(=O)COc4ccccc4)cc3)sc2C)cc1. The summed E-state index contributed by atoms with van der Waals surface area (Å²) in [4.78, 5) is 31.5. The molecule has 0 saturated carbocycles. The van der Waals surface area contributed by atoms with E-state index >= 15 is 0 Å². The van der Waals surface area contributed by atoms with Crippen LogP contribution in [0, 0.1) is 13.8 Å². The van der Waals surface area contributed by atoms with E-state index in [1.807, 2.05) is 75.4 Å². The second kappa shape index (κ2) is 11.9. The molecule has 2 amide bonds. The van der Waals surface area contributed by atoms with E-state index in [0.717, 1.165) is 21.0 Å². The standard InChI is InChI=1S/C28H27N3O3S2/c1-18-9-11-21(12-10-18)26-19(2)36-28(30-26)31-27(33)20(3)35-24-15-13-22(14-16-24)29-25(32)17-34-23-7-5-4-6-8-23/h4-16,20H,17H2,1-3H3,(H,29,32)(H,30,31,33). The number of nitrogens with zero attached hydrogens (tertiary/aromatic N) is 1. The van der Waals surface area contributed by atoms with E-state index in [0.29, 0.717) is 16.6 Å². The van der Waals surface area contributed by atoms with Gasteiger partial charge in [0.2, 0.25) is 5.91 Å². The molecule has 1 heterocycles. The number of rotatable bonds is 9. The predicted octanol–water partition coefficient (Wildman–Crippen LogP) is 6.56. The largest absolute Gasteiger partial charge is 0.484 e. The summed E-state index contributed by atoms with van der Waals surface area (Å²) in [5, 5.41) is 6.03. The summed E-state index contributed by atoms with van der Waals surface area (Å²) < 4.78 is 5.47. The monoisotopic (exact) mass is 517 g/mol. The molecule has 4 rings (SSSR count). The number of aromatic nitrogens is 1. The first-order valence-electron chi connectivity index (χ1n) is 11.5. The van der Waals surface area contributed by atoms with Crippen LogP contribution in [0.1, 0.15) is 17.4 Å². The lowest BCUT2D eigenvalue weighted by atomic mass is 10.1. The van der Waals surface area contributed by atoms with Crippen molar-refractivity contribution >= 4 is 45.7 Å². The molecule has 0 spiro atoms. The molecule has 0 aliphatic rings. The highest BCUT2D eigenvalue weighted by Gasteiger charge is 2.18. The topological polar surface area (TPSA) is 80.3 Å². The third-order valence-electron chi connectivity index (χ3n) is 5.29. The van der Waals surface area contributed by atoms with Crippen LogP contribution in [-0.2, 0) is 9.59 Å². The van der Waals surface area contributed by atoms with Crippen LogP contribution in [0.4, 0.5) is 10.8 Å². The third-order valence-corrected chi connectivity index (χ3v) is 7.28. The van der Waals surface area contributed by atoms with Gasteiger partial charge in [0.15, 0.2) is 11.7 Å². The van der Waals surface area contributed by atoms with E-state index in [-0.39, 0.29) is 23.7 Å². The number of aryl methyl sites for hydroxylation is 2. The molecule has 1 atom stereocenters. The molecule has 184 valence electrons. The van der Waals surface area contributed by atoms with Crippen molar-refractivity contribution in [1.82, 2.24) is 4.98 Å². The summed E-state index contributed by atoms with van der Waals surface area (Å²) in [7, 11) is 0. The van der Waals surface area contributed by atoms with Crippen molar-refractivity contribution in [1.29, 1.82) is 0 Å². The molecular formula is C28H27N3O3S2. The quantitative estimate of drug-likeness (QED) is 0.246. The Labute approximate surface area is 219 Å². The molecular weight excluding hydrogens is 490 g/mol. The number of hydrogen-bond donors (Lipinski definition) is 2. The molecule has 8 heteroatoms. The van der Waals surface area contributed by atoms with Gasteiger partial charge in [-0.1, -0.05) is 48.0 Å². The number of hydrogen-bond acceptors (Lipinski definition) is 6. The molecule has 0 radical (unpaired) electrons. The van der Waals surface area contributed by atoms with Gasteiger partial charge in [0.1, 0.15) is 5.75 Å². The van der Waals surface area contributed by atoms with Gasteiger partial charge in [-0.25, -0.2) is 4.98 Å². The fourth-order valence-electron chi connectivity index (χ4n) is 3.37. The lowest BCUT2D eigenvalue weighted by Gasteiger charge is -2.11. The molecule has 6 nitrogen and oxygen atoms in total. The molecule has 4 aromatic rings. The van der Waals surface area contributed by atoms with Crippen molar-refractivity contribution < 1.29 is 14.3 Å². The minimum atomic E-state index is -0.322. The Morgan fingerprint density at radius 2 is 1.64 bits per heavy atom. The molecule has 3 aromatic carbocycles. The molecule has 0 saturated heterocycles. The van der Waals surface area contributed by atoms with E-state index < -0.39 is 0 Å². The maximum atomic E-state index is 12.8. The fraction of sp³-hybridized carbons (Fsp3) is 0.179. The average molecular weight is 518 g/mol. The highest BCUT2D eigenvalue weighted by atomic mass is 32.2. The first-order valence-corrected chi connectivity index (χ1v) is 13.2. The second-order valence-electron chi connectivity index (χ2n) is 8.21. The van der Waals surface area contributed by atoms with Crippen LogP contribution in [-0.4, -0.2) is 28.7 Å². The number of para-hydroxylation sites is 1. The Kier molecular flexibility index (Phi) is 8.40. The predicted molar refractivity (Wildman–Crippen MR) is 148 cm³/mol. The van der Waals surface area contributed by atoms with Gasteiger partial charge >= 0.3 is 0 Å². The minimum Gasteiger partial charge on any atom is -0.484 e. The first kappa shape index (κ1) is 25.5. The van der Waals surface area contributed by atoms with Crippen molar-refractivity contribution in [2.45, 2.75) is 30.9 Å². The van der Waals surface area contributed by atoms with E-state index in [9.17, 15) is 9.59 Å². The maximum Gasteiger partial charge on any atom is 0.262 e. The zero-order valence-corrected chi connectivity index (χ0v) is 21.9. The van der Waals surface area contributed by atoms with E-state index in [1.165, 1.54) is 28.7 Å². The second-order valence-corrected chi connectivity index (χ2v) is 10.8. The summed E-state index contributed by atoms with van der Waals surface area (Å²) in [6.45, 7) is 5.85. The summed E-state index contributed by atoms with van der Waals surface area (Å²) in [6.07, 6.45) is 0. The number of thiazole rings is 1. The van der Waals surface area contributed by atoms with Crippen LogP contribution >= 0.6 is 23.1 Å². The zero-order chi connectivity index (χ0) is 25.5. The van der Waals surface area contributed by atoms with Crippen LogP contribution in [0.15, 0.2) is 83.8 Å². The van der Waals surface area contributed by atoms with Gasteiger partial charge in [0.25, 0.3) is 5.91 Å². The van der Waals surface area contributed by atoms with Gasteiger partial charge in [0.05, 0.1) is 10.9 Å². The third kappa shape index (κ3) is 6.96. The average Bonchev–Trinajstić information content (AvgIpc) is 3.24. The van der Waals surface area contributed by atoms with Crippen LogP contribution in [0.3, 0.4) is 0 Å². The molecule has 0 fully saturated rings. The molecule has 36 heavy (non-hydrogen) atoms. The Morgan fingerprint density at radius 3 is 2.33 bits per heavy atom. The number of anilines is 2. The van der Waals surface area contributed by atoms with Crippen LogP contribution in [0.2, 0.25) is 0 Å². The van der Waals surface area contributed by atoms with Gasteiger partial charge in [-0.3, -0.25) is 9.59 Å². The van der Waals surface area contributed by atoms with Crippen LogP contribution in [0.25, 0.3) is 11.3 Å². The highest BCUT2D eigenvalue weighted by molar-refractivity contribution is 8.00. The maximum absolute atomic E-state index is 12.8. The number of nitrogens with one attached hydrogen (secondary N) is 2. The highest BCUT2D eigenvalue weighted by Crippen LogP contribution is 2.31. The summed E-state index contributed by atoms with van der Waals surface area (Å²) in [5.41, 5.74) is 3.79. The first-order chi connectivity index (χ1) is 17.4. The molecule has 0 bridgehead atoms.